The Morgan fingerprint density at radius 2 is 1.44 bits per heavy atom. The van der Waals surface area contributed by atoms with Crippen LogP contribution in [0.5, 0.6) is 0 Å². The number of hydrogen-bond donors (Lipinski definition) is 1. The number of benzene rings is 1. The summed E-state index contributed by atoms with van der Waals surface area (Å²) in [5.74, 6) is -4.87. The molecule has 0 aliphatic rings. The maximum atomic E-state index is 12.8. The summed E-state index contributed by atoms with van der Waals surface area (Å²) in [6.07, 6.45) is -6.52. The molecule has 0 radical (unpaired) electrons. The summed E-state index contributed by atoms with van der Waals surface area (Å²) < 4.78 is 61.6. The van der Waals surface area contributed by atoms with Crippen molar-refractivity contribution in [3.63, 3.8) is 0 Å². The van der Waals surface area contributed by atoms with Gasteiger partial charge in [-0.25, -0.2) is 0 Å². The van der Waals surface area contributed by atoms with Crippen molar-refractivity contribution in [2.24, 2.45) is 0 Å². The molecule has 1 aromatic rings. The van der Waals surface area contributed by atoms with Gasteiger partial charge in [0, 0.05) is 5.56 Å². The molecule has 0 amide bonds. The van der Waals surface area contributed by atoms with Crippen molar-refractivity contribution in [2.75, 3.05) is 0 Å². The second-order valence-corrected chi connectivity index (χ2v) is 3.37. The zero-order valence-corrected chi connectivity index (χ0v) is 8.22. The summed E-state index contributed by atoms with van der Waals surface area (Å²) in [6, 6.07) is 3.41. The van der Waals surface area contributed by atoms with E-state index in [0.29, 0.717) is 12.1 Å². The highest BCUT2D eigenvalue weighted by atomic mass is 19.4. The lowest BCUT2D eigenvalue weighted by Crippen LogP contribution is -2.33. The number of rotatable bonds is 2. The second-order valence-electron chi connectivity index (χ2n) is 3.37. The molecule has 1 N–H and O–H groups in total. The minimum atomic E-state index is -5.61. The summed E-state index contributed by atoms with van der Waals surface area (Å²) in [5, 5.41) is 9.07. The Morgan fingerprint density at radius 1 is 1.00 bits per heavy atom. The molecule has 0 spiro atoms. The van der Waals surface area contributed by atoms with Crippen LogP contribution in [0.2, 0.25) is 0 Å². The van der Waals surface area contributed by atoms with Crippen molar-refractivity contribution in [1.82, 2.24) is 0 Å². The van der Waals surface area contributed by atoms with Crippen molar-refractivity contribution < 1.29 is 27.1 Å². The van der Waals surface area contributed by atoms with Crippen LogP contribution in [0, 0.1) is 0 Å². The molecule has 0 aromatic heterocycles. The monoisotopic (exact) mass is 240 g/mol. The molecule has 1 rings (SSSR count). The van der Waals surface area contributed by atoms with Gasteiger partial charge >= 0.3 is 12.1 Å². The third-order valence-electron chi connectivity index (χ3n) is 2.11. The van der Waals surface area contributed by atoms with E-state index in [1.165, 1.54) is 6.92 Å². The highest BCUT2D eigenvalue weighted by Gasteiger charge is 2.58. The molecular formula is C10H9F5O. The maximum Gasteiger partial charge on any atom is 0.458 e. The van der Waals surface area contributed by atoms with E-state index in [-0.39, 0.29) is 5.56 Å². The molecule has 0 fully saturated rings. The zero-order chi connectivity index (χ0) is 12.6. The molecule has 0 aliphatic heterocycles. The van der Waals surface area contributed by atoms with Gasteiger partial charge in [0.15, 0.2) is 0 Å². The van der Waals surface area contributed by atoms with Crippen LogP contribution in [0.25, 0.3) is 0 Å². The van der Waals surface area contributed by atoms with E-state index in [4.69, 9.17) is 5.11 Å². The molecule has 1 atom stereocenters. The predicted molar refractivity (Wildman–Crippen MR) is 47.0 cm³/mol. The van der Waals surface area contributed by atoms with Gasteiger partial charge in [0.1, 0.15) is 0 Å². The van der Waals surface area contributed by atoms with Crippen LogP contribution in [0.15, 0.2) is 24.3 Å². The number of aliphatic hydroxyl groups is 1. The third-order valence-corrected chi connectivity index (χ3v) is 2.11. The highest BCUT2D eigenvalue weighted by Crippen LogP contribution is 2.43. The molecule has 0 saturated heterocycles. The number of aliphatic hydroxyl groups excluding tert-OH is 1. The fraction of sp³-hybridized carbons (Fsp3) is 0.400. The van der Waals surface area contributed by atoms with Gasteiger partial charge in [-0.1, -0.05) is 24.3 Å². The maximum absolute atomic E-state index is 12.8. The summed E-state index contributed by atoms with van der Waals surface area (Å²) >= 11 is 0. The van der Waals surface area contributed by atoms with E-state index < -0.39 is 23.8 Å². The molecule has 0 saturated carbocycles. The largest absolute Gasteiger partial charge is 0.458 e. The Morgan fingerprint density at radius 3 is 1.75 bits per heavy atom. The summed E-state index contributed by atoms with van der Waals surface area (Å²) in [5.41, 5.74) is -0.855. The van der Waals surface area contributed by atoms with Gasteiger partial charge < -0.3 is 5.11 Å². The van der Waals surface area contributed by atoms with Crippen LogP contribution in [0.1, 0.15) is 24.2 Å². The summed E-state index contributed by atoms with van der Waals surface area (Å²) in [6.45, 7) is 1.39. The van der Waals surface area contributed by atoms with E-state index in [1.807, 2.05) is 0 Å². The van der Waals surface area contributed by atoms with E-state index in [1.54, 1.807) is 0 Å². The Labute approximate surface area is 88.5 Å². The van der Waals surface area contributed by atoms with Crippen LogP contribution in [-0.2, 0) is 5.92 Å². The highest BCUT2D eigenvalue weighted by molar-refractivity contribution is 5.27. The van der Waals surface area contributed by atoms with Gasteiger partial charge in [-0.2, -0.15) is 22.0 Å². The van der Waals surface area contributed by atoms with Crippen molar-refractivity contribution >= 4 is 0 Å². The average molecular weight is 240 g/mol. The Kier molecular flexibility index (Phi) is 3.23. The zero-order valence-electron chi connectivity index (χ0n) is 8.22. The van der Waals surface area contributed by atoms with Gasteiger partial charge in [-0.15, -0.1) is 0 Å². The van der Waals surface area contributed by atoms with Crippen molar-refractivity contribution in [3.05, 3.63) is 35.4 Å². The van der Waals surface area contributed by atoms with Gasteiger partial charge in [-0.3, -0.25) is 0 Å². The van der Waals surface area contributed by atoms with Crippen LogP contribution in [-0.4, -0.2) is 11.3 Å². The van der Waals surface area contributed by atoms with E-state index >= 15 is 0 Å². The minimum Gasteiger partial charge on any atom is -0.389 e. The fourth-order valence-electron chi connectivity index (χ4n) is 1.13. The van der Waals surface area contributed by atoms with Crippen LogP contribution < -0.4 is 0 Å². The van der Waals surface area contributed by atoms with E-state index in [2.05, 4.69) is 0 Å². The van der Waals surface area contributed by atoms with Crippen LogP contribution >= 0.6 is 0 Å². The molecule has 90 valence electrons. The normalized spacial score (nSPS) is 14.9. The van der Waals surface area contributed by atoms with Gasteiger partial charge in [-0.05, 0) is 12.5 Å². The van der Waals surface area contributed by atoms with Gasteiger partial charge in [0.2, 0.25) is 0 Å². The third kappa shape index (κ3) is 2.32. The SMILES string of the molecule is CC(O)c1ccc(C(F)(F)C(F)(F)F)cc1. The number of hydrogen-bond acceptors (Lipinski definition) is 1. The Bertz CT molecular complexity index is 352. The molecule has 6 heteroatoms. The molecule has 0 aliphatic carbocycles. The van der Waals surface area contributed by atoms with Crippen molar-refractivity contribution in [2.45, 2.75) is 25.1 Å². The van der Waals surface area contributed by atoms with Crippen molar-refractivity contribution in [3.8, 4) is 0 Å². The topological polar surface area (TPSA) is 20.2 Å². The van der Waals surface area contributed by atoms with Crippen LogP contribution in [0.3, 0.4) is 0 Å². The number of alkyl halides is 5. The first-order valence-corrected chi connectivity index (χ1v) is 4.39. The molecule has 0 heterocycles. The average Bonchev–Trinajstić information content (AvgIpc) is 2.16. The molecule has 1 aromatic carbocycles. The summed E-state index contributed by atoms with van der Waals surface area (Å²) in [4.78, 5) is 0. The van der Waals surface area contributed by atoms with Gasteiger partial charge in [0.25, 0.3) is 0 Å². The molecule has 1 nitrogen and oxygen atoms in total. The quantitative estimate of drug-likeness (QED) is 0.785. The minimum absolute atomic E-state index is 0.279. The van der Waals surface area contributed by atoms with E-state index in [9.17, 15) is 22.0 Å². The fourth-order valence-corrected chi connectivity index (χ4v) is 1.13. The Hall–Kier alpha value is -1.17. The predicted octanol–water partition coefficient (Wildman–Crippen LogP) is 3.39. The summed E-state index contributed by atoms with van der Waals surface area (Å²) in [7, 11) is 0. The lowest BCUT2D eigenvalue weighted by molar-refractivity contribution is -0.289. The lowest BCUT2D eigenvalue weighted by atomic mass is 10.0. The van der Waals surface area contributed by atoms with Crippen molar-refractivity contribution in [1.29, 1.82) is 0 Å². The van der Waals surface area contributed by atoms with E-state index in [0.717, 1.165) is 12.1 Å². The lowest BCUT2D eigenvalue weighted by Gasteiger charge is -2.20. The van der Waals surface area contributed by atoms with Gasteiger partial charge in [0.05, 0.1) is 6.10 Å². The number of halogens is 5. The Balaban J connectivity index is 3.07. The smallest absolute Gasteiger partial charge is 0.389 e. The molecule has 1 unspecified atom stereocenters. The standard InChI is InChI=1S/C10H9F5O/c1-6(16)7-2-4-8(5-3-7)9(11,12)10(13,14)15/h2-6,16H,1H3. The first-order chi connectivity index (χ1) is 7.16. The molecule has 0 bridgehead atoms. The molecule has 16 heavy (non-hydrogen) atoms. The first-order valence-electron chi connectivity index (χ1n) is 4.39. The van der Waals surface area contributed by atoms with Crippen LogP contribution in [0.4, 0.5) is 22.0 Å². The first kappa shape index (κ1) is 12.9. The second kappa shape index (κ2) is 4.01. The molecular weight excluding hydrogens is 231 g/mol.